The van der Waals surface area contributed by atoms with Gasteiger partial charge in [0.1, 0.15) is 5.52 Å². The van der Waals surface area contributed by atoms with E-state index in [2.05, 4.69) is 42.2 Å². The molecule has 0 saturated heterocycles. The van der Waals surface area contributed by atoms with Gasteiger partial charge in [-0.1, -0.05) is 68.6 Å². The molecule has 0 aliphatic carbocycles. The SMILES string of the molecule is CC(C)[C@H](Br)C(=O)Nc1nc2c(Cl)cc(Br)cc2s1. The van der Waals surface area contributed by atoms with E-state index in [9.17, 15) is 4.79 Å². The van der Waals surface area contributed by atoms with E-state index < -0.39 is 0 Å². The van der Waals surface area contributed by atoms with Gasteiger partial charge in [-0.25, -0.2) is 4.98 Å². The Morgan fingerprint density at radius 3 is 2.79 bits per heavy atom. The number of hydrogen-bond acceptors (Lipinski definition) is 3. The number of nitrogens with one attached hydrogen (secondary N) is 1. The number of carbonyl (C=O) groups is 1. The van der Waals surface area contributed by atoms with Crippen LogP contribution in [0.5, 0.6) is 0 Å². The van der Waals surface area contributed by atoms with Crippen LogP contribution in [0.15, 0.2) is 16.6 Å². The van der Waals surface area contributed by atoms with Gasteiger partial charge in [0.2, 0.25) is 5.91 Å². The van der Waals surface area contributed by atoms with E-state index in [0.29, 0.717) is 15.7 Å². The number of aromatic nitrogens is 1. The molecule has 0 bridgehead atoms. The summed E-state index contributed by atoms with van der Waals surface area (Å²) in [6.07, 6.45) is 0. The van der Waals surface area contributed by atoms with Crippen LogP contribution in [-0.2, 0) is 4.79 Å². The number of alkyl halides is 1. The summed E-state index contributed by atoms with van der Waals surface area (Å²) in [5.74, 6) is 0.122. The fourth-order valence-corrected chi connectivity index (χ4v) is 3.60. The Labute approximate surface area is 137 Å². The minimum atomic E-state index is -0.235. The van der Waals surface area contributed by atoms with E-state index in [-0.39, 0.29) is 16.7 Å². The maximum absolute atomic E-state index is 11.9. The number of halogens is 3. The number of nitrogens with zero attached hydrogens (tertiary/aromatic N) is 1. The lowest BCUT2D eigenvalue weighted by Gasteiger charge is -2.11. The lowest BCUT2D eigenvalue weighted by molar-refractivity contribution is -0.116. The maximum atomic E-state index is 11.9. The normalized spacial score (nSPS) is 12.9. The number of thiazole rings is 1. The molecule has 2 rings (SSSR count). The second kappa shape index (κ2) is 6.08. The van der Waals surface area contributed by atoms with Crippen molar-refractivity contribution < 1.29 is 4.79 Å². The first-order chi connectivity index (χ1) is 8.88. The minimum absolute atomic E-state index is 0.0933. The van der Waals surface area contributed by atoms with Gasteiger partial charge in [-0.3, -0.25) is 4.79 Å². The highest BCUT2D eigenvalue weighted by atomic mass is 79.9. The Morgan fingerprint density at radius 2 is 2.16 bits per heavy atom. The zero-order valence-corrected chi connectivity index (χ0v) is 15.0. The van der Waals surface area contributed by atoms with Crippen LogP contribution < -0.4 is 5.32 Å². The van der Waals surface area contributed by atoms with E-state index in [1.807, 2.05) is 19.9 Å². The van der Waals surface area contributed by atoms with Gasteiger partial charge in [0, 0.05) is 4.47 Å². The van der Waals surface area contributed by atoms with Crippen molar-refractivity contribution in [2.24, 2.45) is 5.92 Å². The zero-order valence-electron chi connectivity index (χ0n) is 10.2. The first-order valence-electron chi connectivity index (χ1n) is 5.59. The van der Waals surface area contributed by atoms with Crippen molar-refractivity contribution in [2.45, 2.75) is 18.7 Å². The topological polar surface area (TPSA) is 42.0 Å². The number of anilines is 1. The van der Waals surface area contributed by atoms with Crippen molar-refractivity contribution in [1.82, 2.24) is 4.98 Å². The zero-order chi connectivity index (χ0) is 14.2. The first-order valence-corrected chi connectivity index (χ1v) is 8.49. The number of amides is 1. The lowest BCUT2D eigenvalue weighted by atomic mass is 10.1. The molecule has 1 amide bonds. The van der Waals surface area contributed by atoms with Crippen molar-refractivity contribution >= 4 is 76.1 Å². The van der Waals surface area contributed by atoms with Crippen molar-refractivity contribution in [3.8, 4) is 0 Å². The first kappa shape index (κ1) is 15.2. The predicted molar refractivity (Wildman–Crippen MR) is 88.5 cm³/mol. The molecular weight excluding hydrogens is 415 g/mol. The number of carbonyl (C=O) groups excluding carboxylic acids is 1. The molecule has 1 atom stereocenters. The fraction of sp³-hybridized carbons (Fsp3) is 0.333. The molecular formula is C12H11Br2ClN2OS. The summed E-state index contributed by atoms with van der Waals surface area (Å²) < 4.78 is 1.83. The fourth-order valence-electron chi connectivity index (χ4n) is 1.49. The third kappa shape index (κ3) is 3.48. The monoisotopic (exact) mass is 424 g/mol. The van der Waals surface area contributed by atoms with Crippen molar-refractivity contribution in [2.75, 3.05) is 5.32 Å². The predicted octanol–water partition coefficient (Wildman–Crippen LogP) is 5.07. The molecule has 1 aromatic heterocycles. The molecule has 1 heterocycles. The molecule has 2 aromatic rings. The molecule has 19 heavy (non-hydrogen) atoms. The standard InChI is InChI=1S/C12H11Br2ClN2OS/c1-5(2)9(14)11(18)17-12-16-10-7(15)3-6(13)4-8(10)19-12/h3-5,9H,1-2H3,(H,16,17,18)/t9-/m0/s1. The van der Waals surface area contributed by atoms with Crippen LogP contribution in [0.3, 0.4) is 0 Å². The molecule has 0 radical (unpaired) electrons. The summed E-state index contributed by atoms with van der Waals surface area (Å²) in [6.45, 7) is 3.96. The Morgan fingerprint density at radius 1 is 1.47 bits per heavy atom. The number of benzene rings is 1. The smallest absolute Gasteiger partial charge is 0.240 e. The Balaban J connectivity index is 2.27. The van der Waals surface area contributed by atoms with Crippen LogP contribution in [-0.4, -0.2) is 15.7 Å². The highest BCUT2D eigenvalue weighted by Crippen LogP contribution is 2.34. The van der Waals surface area contributed by atoms with Gasteiger partial charge in [0.05, 0.1) is 14.5 Å². The van der Waals surface area contributed by atoms with E-state index in [1.54, 1.807) is 6.07 Å². The average Bonchev–Trinajstić information content (AvgIpc) is 2.70. The van der Waals surface area contributed by atoms with E-state index in [4.69, 9.17) is 11.6 Å². The van der Waals surface area contributed by atoms with Gasteiger partial charge in [0.25, 0.3) is 0 Å². The van der Waals surface area contributed by atoms with E-state index in [1.165, 1.54) is 11.3 Å². The Hall–Kier alpha value is -0.170. The third-order valence-corrected chi connectivity index (χ3v) is 5.62. The number of fused-ring (bicyclic) bond motifs is 1. The molecule has 102 valence electrons. The van der Waals surface area contributed by atoms with Gasteiger partial charge in [-0.2, -0.15) is 0 Å². The molecule has 7 heteroatoms. The summed E-state index contributed by atoms with van der Waals surface area (Å²) in [5, 5.41) is 3.94. The number of hydrogen-bond donors (Lipinski definition) is 1. The minimum Gasteiger partial charge on any atom is -0.301 e. The van der Waals surface area contributed by atoms with Crippen LogP contribution >= 0.6 is 54.8 Å². The highest BCUT2D eigenvalue weighted by molar-refractivity contribution is 9.10. The van der Waals surface area contributed by atoms with E-state index in [0.717, 1.165) is 9.17 Å². The summed E-state index contributed by atoms with van der Waals surface area (Å²) in [5.41, 5.74) is 0.709. The summed E-state index contributed by atoms with van der Waals surface area (Å²) >= 11 is 14.3. The summed E-state index contributed by atoms with van der Waals surface area (Å²) in [6, 6.07) is 3.72. The van der Waals surface area contributed by atoms with Gasteiger partial charge in [-0.05, 0) is 18.1 Å². The summed E-state index contributed by atoms with van der Waals surface area (Å²) in [4.78, 5) is 16.1. The molecule has 0 unspecified atom stereocenters. The van der Waals surface area contributed by atoms with Crippen molar-refractivity contribution in [1.29, 1.82) is 0 Å². The molecule has 0 aliphatic heterocycles. The average molecular weight is 427 g/mol. The second-order valence-electron chi connectivity index (χ2n) is 4.39. The molecule has 0 aliphatic rings. The van der Waals surface area contributed by atoms with Crippen LogP contribution in [0.4, 0.5) is 5.13 Å². The Bertz CT molecular complexity index is 629. The number of rotatable bonds is 3. The molecule has 3 nitrogen and oxygen atoms in total. The summed E-state index contributed by atoms with van der Waals surface area (Å²) in [7, 11) is 0. The van der Waals surface area contributed by atoms with Gasteiger partial charge in [-0.15, -0.1) is 0 Å². The van der Waals surface area contributed by atoms with Crippen LogP contribution in [0, 0.1) is 5.92 Å². The largest absolute Gasteiger partial charge is 0.301 e. The van der Waals surface area contributed by atoms with Gasteiger partial charge < -0.3 is 5.32 Å². The quantitative estimate of drug-likeness (QED) is 0.696. The van der Waals surface area contributed by atoms with Crippen LogP contribution in [0.2, 0.25) is 5.02 Å². The molecule has 1 N–H and O–H groups in total. The molecule has 0 saturated carbocycles. The van der Waals surface area contributed by atoms with Crippen molar-refractivity contribution in [3.05, 3.63) is 21.6 Å². The van der Waals surface area contributed by atoms with Gasteiger partial charge >= 0.3 is 0 Å². The maximum Gasteiger partial charge on any atom is 0.240 e. The molecule has 0 fully saturated rings. The van der Waals surface area contributed by atoms with Crippen LogP contribution in [0.1, 0.15) is 13.8 Å². The highest BCUT2D eigenvalue weighted by Gasteiger charge is 2.20. The molecule has 1 aromatic carbocycles. The molecule has 0 spiro atoms. The van der Waals surface area contributed by atoms with Gasteiger partial charge in [0.15, 0.2) is 5.13 Å². The van der Waals surface area contributed by atoms with Crippen molar-refractivity contribution in [3.63, 3.8) is 0 Å². The Kier molecular flexibility index (Phi) is 4.87. The second-order valence-corrected chi connectivity index (χ2v) is 7.73. The van der Waals surface area contributed by atoms with Crippen LogP contribution in [0.25, 0.3) is 10.2 Å². The van der Waals surface area contributed by atoms with E-state index >= 15 is 0 Å². The lowest BCUT2D eigenvalue weighted by Crippen LogP contribution is -2.26. The third-order valence-electron chi connectivity index (χ3n) is 2.48.